The van der Waals surface area contributed by atoms with Crippen LogP contribution in [0.15, 0.2) is 48.5 Å². The summed E-state index contributed by atoms with van der Waals surface area (Å²) >= 11 is 0. The van der Waals surface area contributed by atoms with Gasteiger partial charge in [0.2, 0.25) is 11.8 Å². The second-order valence-electron chi connectivity index (χ2n) is 7.93. The standard InChI is InChI=1S/C23H23N3O3/c27-21-6-3-12-25(21)18-9-7-17(8-10-18)23(29)24-14-20-19-5-2-1-4-16(19)11-13-26(20)22(28)15-24/h1-2,4-5,7-10,20H,3,6,11-15H2. The molecule has 2 aromatic carbocycles. The van der Waals surface area contributed by atoms with Crippen molar-refractivity contribution < 1.29 is 14.4 Å². The molecule has 5 rings (SSSR count). The van der Waals surface area contributed by atoms with Crippen molar-refractivity contribution in [2.75, 3.05) is 31.1 Å². The van der Waals surface area contributed by atoms with Gasteiger partial charge in [0, 0.05) is 37.3 Å². The summed E-state index contributed by atoms with van der Waals surface area (Å²) in [6.45, 7) is 2.06. The fraction of sp³-hybridized carbons (Fsp3) is 0.348. The Balaban J connectivity index is 1.37. The van der Waals surface area contributed by atoms with Gasteiger partial charge < -0.3 is 14.7 Å². The van der Waals surface area contributed by atoms with Gasteiger partial charge >= 0.3 is 0 Å². The van der Waals surface area contributed by atoms with Crippen molar-refractivity contribution in [1.29, 1.82) is 0 Å². The van der Waals surface area contributed by atoms with Crippen molar-refractivity contribution in [3.63, 3.8) is 0 Å². The van der Waals surface area contributed by atoms with Crippen LogP contribution in [0.2, 0.25) is 0 Å². The maximum Gasteiger partial charge on any atom is 0.254 e. The molecule has 1 unspecified atom stereocenters. The maximum absolute atomic E-state index is 13.1. The third-order valence-electron chi connectivity index (χ3n) is 6.24. The molecule has 2 fully saturated rings. The largest absolute Gasteiger partial charge is 0.332 e. The highest BCUT2D eigenvalue weighted by Gasteiger charge is 2.38. The molecule has 6 nitrogen and oxygen atoms in total. The molecule has 3 amide bonds. The number of hydrogen-bond acceptors (Lipinski definition) is 3. The second-order valence-corrected chi connectivity index (χ2v) is 7.93. The molecular formula is C23H23N3O3. The Morgan fingerprint density at radius 3 is 2.45 bits per heavy atom. The van der Waals surface area contributed by atoms with Gasteiger partial charge in [-0.2, -0.15) is 0 Å². The third kappa shape index (κ3) is 3.09. The van der Waals surface area contributed by atoms with Crippen LogP contribution >= 0.6 is 0 Å². The van der Waals surface area contributed by atoms with Crippen molar-refractivity contribution in [3.05, 3.63) is 65.2 Å². The van der Waals surface area contributed by atoms with E-state index in [9.17, 15) is 14.4 Å². The number of carbonyl (C=O) groups is 3. The minimum absolute atomic E-state index is 0.00314. The molecule has 1 atom stereocenters. The van der Waals surface area contributed by atoms with Crippen molar-refractivity contribution in [1.82, 2.24) is 9.80 Å². The highest BCUT2D eigenvalue weighted by molar-refractivity contribution is 5.99. The molecule has 0 aromatic heterocycles. The molecule has 3 aliphatic rings. The van der Waals surface area contributed by atoms with Crippen LogP contribution in [0.3, 0.4) is 0 Å². The molecule has 6 heteroatoms. The van der Waals surface area contributed by atoms with Gasteiger partial charge in [0.25, 0.3) is 5.91 Å². The lowest BCUT2D eigenvalue weighted by atomic mass is 9.90. The van der Waals surface area contributed by atoms with Crippen LogP contribution in [0, 0.1) is 0 Å². The summed E-state index contributed by atoms with van der Waals surface area (Å²) in [4.78, 5) is 43.1. The summed E-state index contributed by atoms with van der Waals surface area (Å²) < 4.78 is 0. The number of hydrogen-bond donors (Lipinski definition) is 0. The molecular weight excluding hydrogens is 366 g/mol. The Labute approximate surface area is 169 Å². The van der Waals surface area contributed by atoms with Crippen LogP contribution in [-0.2, 0) is 16.0 Å². The number of nitrogens with zero attached hydrogens (tertiary/aromatic N) is 3. The number of piperazine rings is 1. The van der Waals surface area contributed by atoms with Crippen LogP contribution in [0.5, 0.6) is 0 Å². The Morgan fingerprint density at radius 2 is 1.69 bits per heavy atom. The summed E-state index contributed by atoms with van der Waals surface area (Å²) in [5.74, 6) is -0.00880. The van der Waals surface area contributed by atoms with Crippen molar-refractivity contribution in [3.8, 4) is 0 Å². The Hall–Kier alpha value is -3.15. The van der Waals surface area contributed by atoms with Gasteiger partial charge in [-0.1, -0.05) is 24.3 Å². The molecule has 3 heterocycles. The van der Waals surface area contributed by atoms with Crippen molar-refractivity contribution in [2.45, 2.75) is 25.3 Å². The van der Waals surface area contributed by atoms with E-state index in [0.29, 0.717) is 25.1 Å². The fourth-order valence-corrected chi connectivity index (χ4v) is 4.72. The number of rotatable bonds is 2. The SMILES string of the molecule is O=C(c1ccc(N2CCCC2=O)cc1)N1CC(=O)N2CCc3ccccc3C2C1. The van der Waals surface area contributed by atoms with E-state index >= 15 is 0 Å². The summed E-state index contributed by atoms with van der Waals surface area (Å²) in [5.41, 5.74) is 3.78. The van der Waals surface area contributed by atoms with Crippen LogP contribution in [0.25, 0.3) is 0 Å². The number of fused-ring (bicyclic) bond motifs is 3. The van der Waals surface area contributed by atoms with Gasteiger partial charge in [0.15, 0.2) is 0 Å². The first kappa shape index (κ1) is 17.9. The molecule has 0 bridgehead atoms. The molecule has 2 saturated heterocycles. The van der Waals surface area contributed by atoms with Gasteiger partial charge in [-0.15, -0.1) is 0 Å². The van der Waals surface area contributed by atoms with E-state index in [2.05, 4.69) is 12.1 Å². The Kier molecular flexibility index (Phi) is 4.34. The van der Waals surface area contributed by atoms with Crippen LogP contribution in [-0.4, -0.2) is 53.7 Å². The average Bonchev–Trinajstić information content (AvgIpc) is 3.19. The maximum atomic E-state index is 13.1. The third-order valence-corrected chi connectivity index (χ3v) is 6.24. The van der Waals surface area contributed by atoms with E-state index in [4.69, 9.17) is 0 Å². The average molecular weight is 389 g/mol. The zero-order valence-corrected chi connectivity index (χ0v) is 16.2. The van der Waals surface area contributed by atoms with E-state index in [1.54, 1.807) is 21.9 Å². The summed E-state index contributed by atoms with van der Waals surface area (Å²) in [6, 6.07) is 15.3. The number of carbonyl (C=O) groups excluding carboxylic acids is 3. The molecule has 0 saturated carbocycles. The van der Waals surface area contributed by atoms with Crippen LogP contribution in [0.4, 0.5) is 5.69 Å². The van der Waals surface area contributed by atoms with Gasteiger partial charge in [-0.05, 0) is 48.2 Å². The molecule has 3 aliphatic heterocycles. The number of anilines is 1. The number of benzene rings is 2. The monoisotopic (exact) mass is 389 g/mol. The van der Waals surface area contributed by atoms with Crippen molar-refractivity contribution in [2.24, 2.45) is 0 Å². The summed E-state index contributed by atoms with van der Waals surface area (Å²) in [6.07, 6.45) is 2.31. The van der Waals surface area contributed by atoms with Crippen LogP contribution < -0.4 is 4.90 Å². The highest BCUT2D eigenvalue weighted by atomic mass is 16.2. The van der Waals surface area contributed by atoms with Gasteiger partial charge in [0.1, 0.15) is 6.54 Å². The minimum atomic E-state index is -0.139. The first-order chi connectivity index (χ1) is 14.1. The molecule has 29 heavy (non-hydrogen) atoms. The summed E-state index contributed by atoms with van der Waals surface area (Å²) in [7, 11) is 0. The van der Waals surface area contributed by atoms with E-state index in [0.717, 1.165) is 30.6 Å². The number of amides is 3. The predicted molar refractivity (Wildman–Crippen MR) is 109 cm³/mol. The first-order valence-corrected chi connectivity index (χ1v) is 10.2. The molecule has 0 spiro atoms. The van der Waals surface area contributed by atoms with E-state index in [-0.39, 0.29) is 30.3 Å². The molecule has 0 aliphatic carbocycles. The smallest absolute Gasteiger partial charge is 0.254 e. The van der Waals surface area contributed by atoms with Gasteiger partial charge in [-0.25, -0.2) is 0 Å². The zero-order valence-electron chi connectivity index (χ0n) is 16.2. The first-order valence-electron chi connectivity index (χ1n) is 10.2. The lowest BCUT2D eigenvalue weighted by Crippen LogP contribution is -2.55. The zero-order chi connectivity index (χ0) is 20.0. The van der Waals surface area contributed by atoms with E-state index < -0.39 is 0 Å². The lowest BCUT2D eigenvalue weighted by molar-refractivity contribution is -0.139. The lowest BCUT2D eigenvalue weighted by Gasteiger charge is -2.44. The Morgan fingerprint density at radius 1 is 0.897 bits per heavy atom. The van der Waals surface area contributed by atoms with Gasteiger partial charge in [0.05, 0.1) is 6.04 Å². The molecule has 0 radical (unpaired) electrons. The normalized spacial score (nSPS) is 21.2. The molecule has 0 N–H and O–H groups in total. The fourth-order valence-electron chi connectivity index (χ4n) is 4.72. The Bertz CT molecular complexity index is 985. The van der Waals surface area contributed by atoms with Crippen LogP contribution in [0.1, 0.15) is 40.4 Å². The molecule has 148 valence electrons. The van der Waals surface area contributed by atoms with Crippen molar-refractivity contribution >= 4 is 23.4 Å². The topological polar surface area (TPSA) is 60.9 Å². The second kappa shape index (κ2) is 7.03. The minimum Gasteiger partial charge on any atom is -0.332 e. The highest BCUT2D eigenvalue weighted by Crippen LogP contribution is 2.33. The van der Waals surface area contributed by atoms with E-state index in [1.165, 1.54) is 5.56 Å². The quantitative estimate of drug-likeness (QED) is 0.792. The molecule has 2 aromatic rings. The van der Waals surface area contributed by atoms with E-state index in [1.807, 2.05) is 29.2 Å². The van der Waals surface area contributed by atoms with Gasteiger partial charge in [-0.3, -0.25) is 14.4 Å². The summed E-state index contributed by atoms with van der Waals surface area (Å²) in [5, 5.41) is 0. The predicted octanol–water partition coefficient (Wildman–Crippen LogP) is 2.40.